The molecular formula is C36H47NO9. The third kappa shape index (κ3) is 7.00. The Kier molecular flexibility index (Phi) is 11.5. The van der Waals surface area contributed by atoms with Gasteiger partial charge >= 0.3 is 0 Å². The fourth-order valence-electron chi connectivity index (χ4n) is 6.26. The number of aliphatic hydroxyl groups excluding tert-OH is 4. The van der Waals surface area contributed by atoms with Crippen LogP contribution in [-0.2, 0) is 4.79 Å². The number of ketones is 3. The van der Waals surface area contributed by atoms with Gasteiger partial charge in [0.15, 0.2) is 11.6 Å². The summed E-state index contributed by atoms with van der Waals surface area (Å²) in [5, 5.41) is 57.9. The molecule has 1 aliphatic carbocycles. The fourth-order valence-corrected chi connectivity index (χ4v) is 6.26. The first-order chi connectivity index (χ1) is 21.3. The predicted molar refractivity (Wildman–Crippen MR) is 173 cm³/mol. The number of hydrogen-bond acceptors (Lipinski definition) is 9. The van der Waals surface area contributed by atoms with E-state index in [9.17, 15) is 44.7 Å². The van der Waals surface area contributed by atoms with Crippen molar-refractivity contribution in [2.45, 2.75) is 86.7 Å². The molecule has 2 aliphatic heterocycles. The Balaban J connectivity index is 2.20. The Bertz CT molecular complexity index is 1550. The van der Waals surface area contributed by atoms with Gasteiger partial charge in [-0.2, -0.15) is 0 Å². The maximum atomic E-state index is 13.8. The number of carbonyl (C=O) groups excluding carboxylic acids is 4. The number of rotatable bonds is 0. The quantitative estimate of drug-likeness (QED) is 0.247. The molecule has 10 nitrogen and oxygen atoms in total. The van der Waals surface area contributed by atoms with Crippen LogP contribution in [0.4, 0.5) is 0 Å². The molecule has 46 heavy (non-hydrogen) atoms. The van der Waals surface area contributed by atoms with Gasteiger partial charge in [-0.05, 0) is 44.9 Å². The molecule has 2 heterocycles. The zero-order valence-corrected chi connectivity index (χ0v) is 28.0. The maximum absolute atomic E-state index is 13.8. The molecular weight excluding hydrogens is 590 g/mol. The van der Waals surface area contributed by atoms with E-state index in [1.165, 1.54) is 45.9 Å². The predicted octanol–water partition coefficient (Wildman–Crippen LogP) is 3.74. The summed E-state index contributed by atoms with van der Waals surface area (Å²) < 4.78 is 0. The Labute approximate surface area is 270 Å². The number of nitrogens with one attached hydrogen (secondary N) is 1. The third-order valence-electron chi connectivity index (χ3n) is 9.67. The minimum absolute atomic E-state index is 0.0859. The van der Waals surface area contributed by atoms with Crippen molar-refractivity contribution in [2.24, 2.45) is 29.6 Å². The van der Waals surface area contributed by atoms with E-state index in [0.29, 0.717) is 0 Å². The number of phenols is 1. The number of fused-ring (bicyclic) bond motifs is 15. The van der Waals surface area contributed by atoms with Crippen LogP contribution in [0, 0.1) is 36.5 Å². The molecule has 0 fully saturated rings. The van der Waals surface area contributed by atoms with Gasteiger partial charge in [0.1, 0.15) is 5.75 Å². The molecule has 6 N–H and O–H groups in total. The highest BCUT2D eigenvalue weighted by atomic mass is 16.3. The number of benzene rings is 1. The van der Waals surface area contributed by atoms with Gasteiger partial charge in [-0.1, -0.05) is 58.9 Å². The number of aliphatic hydroxyl groups is 4. The zero-order chi connectivity index (χ0) is 34.9. The third-order valence-corrected chi connectivity index (χ3v) is 9.67. The van der Waals surface area contributed by atoms with E-state index < -0.39 is 83.0 Å². The van der Waals surface area contributed by atoms with Crippen molar-refractivity contribution in [1.29, 1.82) is 0 Å². The SMILES string of the molecule is CC1=C2NC(=O)/C(C)=C/C=C\[C@H](C)[C@@H](O)[C@@H](C)[C@@H](O)[C@@H](C)[C@H](O)[C@H](C)[C@@H](O)[C@@H](C)/C=C(\C)C(=O)c3c(O)c(C)cc(c3C1=O)C2=O. The summed E-state index contributed by atoms with van der Waals surface area (Å²) in [4.78, 5) is 54.3. The van der Waals surface area contributed by atoms with Crippen molar-refractivity contribution in [3.8, 4) is 5.75 Å². The Morgan fingerprint density at radius 3 is 1.74 bits per heavy atom. The van der Waals surface area contributed by atoms with E-state index in [1.807, 2.05) is 0 Å². The maximum Gasteiger partial charge on any atom is 0.251 e. The standard InChI is InChI=1S/C36H47NO9/c1-15-11-10-12-16(2)36(46)37-27-20(6)34(44)25-24(35(27)45)14-19(5)31(41)26(25)30(40)18(4)13-17(3)29(39)22(8)33(43)23(9)32(42)21(7)28(15)38/h10-15,17,21-23,28-29,32-33,38-39,41-43H,1-9H3,(H,37,46)/b11-10-,16-12+,18-13+/t15-,17-,21+,22+,23+,28+,29-,32+,33+/m0/s1. The van der Waals surface area contributed by atoms with Gasteiger partial charge in [-0.25, -0.2) is 0 Å². The lowest BCUT2D eigenvalue weighted by Gasteiger charge is -2.36. The summed E-state index contributed by atoms with van der Waals surface area (Å²) in [6.07, 6.45) is 1.71. The highest BCUT2D eigenvalue weighted by molar-refractivity contribution is 6.31. The second-order valence-corrected chi connectivity index (χ2v) is 13.1. The van der Waals surface area contributed by atoms with Crippen LogP contribution in [-0.4, -0.2) is 73.2 Å². The number of hydrogen-bond donors (Lipinski definition) is 6. The van der Waals surface area contributed by atoms with E-state index in [1.54, 1.807) is 46.8 Å². The van der Waals surface area contributed by atoms with Crippen molar-refractivity contribution in [2.75, 3.05) is 0 Å². The highest BCUT2D eigenvalue weighted by Gasteiger charge is 2.39. The number of aryl methyl sites for hydroxylation is 1. The van der Waals surface area contributed by atoms with E-state index in [2.05, 4.69) is 5.32 Å². The van der Waals surface area contributed by atoms with E-state index >= 15 is 0 Å². The van der Waals surface area contributed by atoms with Crippen LogP contribution < -0.4 is 5.32 Å². The molecule has 4 rings (SSSR count). The Morgan fingerprint density at radius 2 is 1.17 bits per heavy atom. The molecule has 0 saturated carbocycles. The summed E-state index contributed by atoms with van der Waals surface area (Å²) in [7, 11) is 0. The molecule has 3 aliphatic rings. The molecule has 10 heteroatoms. The van der Waals surface area contributed by atoms with Crippen molar-refractivity contribution < 1.29 is 44.7 Å². The molecule has 250 valence electrons. The summed E-state index contributed by atoms with van der Waals surface area (Å²) in [6.45, 7) is 14.1. The van der Waals surface area contributed by atoms with E-state index in [4.69, 9.17) is 0 Å². The van der Waals surface area contributed by atoms with Crippen LogP contribution in [0.2, 0.25) is 0 Å². The summed E-state index contributed by atoms with van der Waals surface area (Å²) in [5.41, 5.74) is -0.621. The van der Waals surface area contributed by atoms with Crippen LogP contribution in [0.5, 0.6) is 5.75 Å². The Morgan fingerprint density at radius 1 is 0.652 bits per heavy atom. The van der Waals surface area contributed by atoms with Crippen LogP contribution in [0.25, 0.3) is 0 Å². The zero-order valence-electron chi connectivity index (χ0n) is 28.0. The number of aromatic hydroxyl groups is 1. The summed E-state index contributed by atoms with van der Waals surface area (Å²) >= 11 is 0. The van der Waals surface area contributed by atoms with Crippen molar-refractivity contribution in [3.63, 3.8) is 0 Å². The van der Waals surface area contributed by atoms with Gasteiger partial charge < -0.3 is 30.8 Å². The van der Waals surface area contributed by atoms with Crippen LogP contribution >= 0.6 is 0 Å². The number of allylic oxidation sites excluding steroid dienone is 5. The normalized spacial score (nSPS) is 35.3. The molecule has 1 aromatic carbocycles. The minimum atomic E-state index is -1.18. The van der Waals surface area contributed by atoms with Gasteiger partial charge in [-0.15, -0.1) is 0 Å². The second-order valence-electron chi connectivity index (χ2n) is 13.1. The molecule has 1 amide bonds. The first-order valence-corrected chi connectivity index (χ1v) is 15.6. The fraction of sp³-hybridized carbons (Fsp3) is 0.500. The number of phenolic OH excluding ortho intramolecular Hbond substituents is 1. The van der Waals surface area contributed by atoms with Crippen LogP contribution in [0.3, 0.4) is 0 Å². The molecule has 0 aromatic heterocycles. The molecule has 0 saturated heterocycles. The van der Waals surface area contributed by atoms with Crippen molar-refractivity contribution in [1.82, 2.24) is 5.32 Å². The lowest BCUT2D eigenvalue weighted by molar-refractivity contribution is -0.116. The molecule has 1 aromatic rings. The lowest BCUT2D eigenvalue weighted by Crippen LogP contribution is -2.45. The van der Waals surface area contributed by atoms with E-state index in [-0.39, 0.29) is 44.7 Å². The van der Waals surface area contributed by atoms with Crippen LogP contribution in [0.15, 0.2) is 52.8 Å². The largest absolute Gasteiger partial charge is 0.507 e. The minimum Gasteiger partial charge on any atom is -0.507 e. The average molecular weight is 638 g/mol. The molecule has 4 bridgehead atoms. The summed E-state index contributed by atoms with van der Waals surface area (Å²) in [6, 6.07) is 1.31. The van der Waals surface area contributed by atoms with Gasteiger partial charge in [0.05, 0.1) is 35.7 Å². The molecule has 0 unspecified atom stereocenters. The molecule has 0 radical (unpaired) electrons. The van der Waals surface area contributed by atoms with E-state index in [0.717, 1.165) is 0 Å². The second kappa shape index (κ2) is 14.4. The smallest absolute Gasteiger partial charge is 0.251 e. The van der Waals surface area contributed by atoms with Gasteiger partial charge in [0, 0.05) is 51.9 Å². The number of Topliss-reactive ketones (excluding diaryl/α,β-unsaturated/α-hetero) is 3. The monoisotopic (exact) mass is 637 g/mol. The summed E-state index contributed by atoms with van der Waals surface area (Å²) in [5.74, 6) is -6.53. The first-order valence-electron chi connectivity index (χ1n) is 15.6. The highest BCUT2D eigenvalue weighted by Crippen LogP contribution is 2.37. The average Bonchev–Trinajstić information content (AvgIpc) is 3.02. The van der Waals surface area contributed by atoms with Crippen LogP contribution in [0.1, 0.15) is 92.0 Å². The van der Waals surface area contributed by atoms with Crippen molar-refractivity contribution in [3.05, 3.63) is 75.0 Å². The topological polar surface area (TPSA) is 181 Å². The number of carbonyl (C=O) groups is 4. The number of amides is 1. The Hall–Kier alpha value is -3.70. The van der Waals surface area contributed by atoms with Crippen molar-refractivity contribution >= 4 is 23.3 Å². The lowest BCUT2D eigenvalue weighted by atomic mass is 9.77. The van der Waals surface area contributed by atoms with Gasteiger partial charge in [-0.3, -0.25) is 19.2 Å². The first kappa shape index (κ1) is 36.8. The molecule has 9 atom stereocenters. The molecule has 0 spiro atoms. The van der Waals surface area contributed by atoms with Gasteiger partial charge in [0.25, 0.3) is 5.91 Å². The van der Waals surface area contributed by atoms with Gasteiger partial charge in [0.2, 0.25) is 5.78 Å².